The summed E-state index contributed by atoms with van der Waals surface area (Å²) in [6, 6.07) is 7.44. The molecule has 0 bridgehead atoms. The lowest BCUT2D eigenvalue weighted by Crippen LogP contribution is -2.48. The van der Waals surface area contributed by atoms with Crippen molar-refractivity contribution in [3.63, 3.8) is 0 Å². The van der Waals surface area contributed by atoms with Crippen LogP contribution in [0.1, 0.15) is 49.7 Å². The summed E-state index contributed by atoms with van der Waals surface area (Å²) in [7, 11) is -1.49. The largest absolute Gasteiger partial charge is 0.296 e. The minimum absolute atomic E-state index is 0.0521. The van der Waals surface area contributed by atoms with Gasteiger partial charge in [0.15, 0.2) is 0 Å². The maximum absolute atomic E-state index is 13.1. The molecule has 1 aliphatic heterocycles. The summed E-state index contributed by atoms with van der Waals surface area (Å²) >= 11 is 0. The molecule has 0 N–H and O–H groups in total. The van der Waals surface area contributed by atoms with Crippen molar-refractivity contribution in [3.8, 4) is 0 Å². The van der Waals surface area contributed by atoms with Gasteiger partial charge in [-0.05, 0) is 43.4 Å². The summed E-state index contributed by atoms with van der Waals surface area (Å²) in [4.78, 5) is 2.70. The van der Waals surface area contributed by atoms with E-state index in [1.807, 2.05) is 30.8 Å². The van der Waals surface area contributed by atoms with Crippen LogP contribution in [0.5, 0.6) is 0 Å². The number of aromatic nitrogens is 2. The van der Waals surface area contributed by atoms with Gasteiger partial charge in [0.25, 0.3) is 0 Å². The molecular formula is C22H34N4O2S. The quantitative estimate of drug-likeness (QED) is 0.723. The second-order valence-corrected chi connectivity index (χ2v) is 10.7. The van der Waals surface area contributed by atoms with Gasteiger partial charge in [0.2, 0.25) is 10.0 Å². The smallest absolute Gasteiger partial charge is 0.243 e. The van der Waals surface area contributed by atoms with E-state index in [1.54, 1.807) is 16.4 Å². The number of hydrogen-bond acceptors (Lipinski definition) is 4. The Hall–Kier alpha value is -1.70. The second kappa shape index (κ2) is 8.20. The summed E-state index contributed by atoms with van der Waals surface area (Å²) in [6.45, 7) is 13.9. The van der Waals surface area contributed by atoms with Crippen LogP contribution in [0.3, 0.4) is 0 Å². The number of benzene rings is 1. The zero-order valence-electron chi connectivity index (χ0n) is 18.6. The molecule has 3 rings (SSSR count). The van der Waals surface area contributed by atoms with Gasteiger partial charge in [0.05, 0.1) is 10.6 Å². The van der Waals surface area contributed by atoms with Crippen molar-refractivity contribution in [2.45, 2.75) is 57.9 Å². The first-order chi connectivity index (χ1) is 13.6. The molecule has 0 saturated carbocycles. The van der Waals surface area contributed by atoms with Crippen molar-refractivity contribution in [2.24, 2.45) is 7.05 Å². The van der Waals surface area contributed by atoms with E-state index in [2.05, 4.69) is 37.7 Å². The third kappa shape index (κ3) is 4.42. The third-order valence-corrected chi connectivity index (χ3v) is 8.44. The van der Waals surface area contributed by atoms with E-state index in [4.69, 9.17) is 0 Å². The molecule has 0 aliphatic carbocycles. The molecule has 0 radical (unpaired) electrons. The minimum Gasteiger partial charge on any atom is -0.296 e. The van der Waals surface area contributed by atoms with Crippen molar-refractivity contribution in [1.29, 1.82) is 0 Å². The lowest BCUT2D eigenvalue weighted by Gasteiger charge is -2.34. The molecule has 2 aromatic rings. The van der Waals surface area contributed by atoms with Crippen LogP contribution in [-0.4, -0.2) is 53.6 Å². The molecule has 1 aromatic carbocycles. The van der Waals surface area contributed by atoms with Gasteiger partial charge in [-0.1, -0.05) is 32.9 Å². The van der Waals surface area contributed by atoms with Gasteiger partial charge >= 0.3 is 0 Å². The van der Waals surface area contributed by atoms with Crippen molar-refractivity contribution in [1.82, 2.24) is 19.0 Å². The highest BCUT2D eigenvalue weighted by Gasteiger charge is 2.29. The van der Waals surface area contributed by atoms with Crippen LogP contribution in [0.2, 0.25) is 0 Å². The van der Waals surface area contributed by atoms with Crippen LogP contribution < -0.4 is 0 Å². The lowest BCUT2D eigenvalue weighted by molar-refractivity contribution is 0.181. The van der Waals surface area contributed by atoms with Gasteiger partial charge in [-0.2, -0.15) is 9.40 Å². The highest BCUT2D eigenvalue weighted by Crippen LogP contribution is 2.28. The zero-order valence-corrected chi connectivity index (χ0v) is 19.4. The zero-order chi connectivity index (χ0) is 21.4. The second-order valence-electron chi connectivity index (χ2n) is 8.72. The summed E-state index contributed by atoms with van der Waals surface area (Å²) in [5.74, 6) is 0. The lowest BCUT2D eigenvalue weighted by atomic mass is 9.82. The van der Waals surface area contributed by atoms with E-state index >= 15 is 0 Å². The molecule has 0 atom stereocenters. The van der Waals surface area contributed by atoms with Gasteiger partial charge in [0.1, 0.15) is 0 Å². The Morgan fingerprint density at radius 1 is 1.03 bits per heavy atom. The molecule has 1 aliphatic rings. The Bertz CT molecular complexity index is 953. The van der Waals surface area contributed by atoms with Crippen LogP contribution in [0.4, 0.5) is 0 Å². The van der Waals surface area contributed by atoms with E-state index in [9.17, 15) is 8.42 Å². The predicted octanol–water partition coefficient (Wildman–Crippen LogP) is 3.23. The first-order valence-electron chi connectivity index (χ1n) is 10.4. The van der Waals surface area contributed by atoms with E-state index in [-0.39, 0.29) is 5.41 Å². The molecule has 1 saturated heterocycles. The first kappa shape index (κ1) is 22.0. The van der Waals surface area contributed by atoms with Crippen LogP contribution in [0.25, 0.3) is 0 Å². The fourth-order valence-corrected chi connectivity index (χ4v) is 5.25. The average molecular weight is 419 g/mol. The molecule has 7 heteroatoms. The van der Waals surface area contributed by atoms with Crippen molar-refractivity contribution in [2.75, 3.05) is 26.2 Å². The minimum atomic E-state index is -3.45. The third-order valence-electron chi connectivity index (χ3n) is 6.53. The Morgan fingerprint density at radius 3 is 2.10 bits per heavy atom. The van der Waals surface area contributed by atoms with Crippen LogP contribution in [0, 0.1) is 13.8 Å². The highest BCUT2D eigenvalue weighted by atomic mass is 32.2. The maximum atomic E-state index is 13.1. The van der Waals surface area contributed by atoms with E-state index < -0.39 is 10.0 Å². The number of aryl methyl sites for hydroxylation is 2. The molecule has 6 nitrogen and oxygen atoms in total. The van der Waals surface area contributed by atoms with Gasteiger partial charge < -0.3 is 0 Å². The average Bonchev–Trinajstić information content (AvgIpc) is 2.94. The van der Waals surface area contributed by atoms with Crippen molar-refractivity contribution in [3.05, 3.63) is 46.8 Å². The van der Waals surface area contributed by atoms with E-state index in [0.29, 0.717) is 18.0 Å². The van der Waals surface area contributed by atoms with Crippen LogP contribution in [-0.2, 0) is 29.0 Å². The Labute approximate surface area is 175 Å². The van der Waals surface area contributed by atoms with Gasteiger partial charge in [-0.15, -0.1) is 0 Å². The number of sulfonamides is 1. The monoisotopic (exact) mass is 418 g/mol. The Morgan fingerprint density at radius 2 is 1.62 bits per heavy atom. The predicted molar refractivity (Wildman–Crippen MR) is 116 cm³/mol. The highest BCUT2D eigenvalue weighted by molar-refractivity contribution is 7.89. The molecule has 0 spiro atoms. The summed E-state index contributed by atoms with van der Waals surface area (Å²) in [6.07, 6.45) is 1.01. The van der Waals surface area contributed by atoms with Gasteiger partial charge in [-0.25, -0.2) is 8.42 Å². The summed E-state index contributed by atoms with van der Waals surface area (Å²) in [5.41, 5.74) is 4.70. The summed E-state index contributed by atoms with van der Waals surface area (Å²) < 4.78 is 29.7. The number of rotatable bonds is 6. The Kier molecular flexibility index (Phi) is 6.22. The molecule has 2 heterocycles. The fourth-order valence-electron chi connectivity index (χ4n) is 3.83. The molecule has 1 fully saturated rings. The number of hydrogen-bond donors (Lipinski definition) is 0. The SMILES string of the molecule is CCC(C)(C)c1ccc(S(=O)(=O)N2CCN(Cc3c(C)nn(C)c3C)CC2)cc1. The fraction of sp³-hybridized carbons (Fsp3) is 0.591. The molecule has 29 heavy (non-hydrogen) atoms. The first-order valence-corrected chi connectivity index (χ1v) is 11.8. The normalized spacial score (nSPS) is 17.0. The molecule has 1 aromatic heterocycles. The van der Waals surface area contributed by atoms with E-state index in [0.717, 1.165) is 31.7 Å². The van der Waals surface area contributed by atoms with Crippen LogP contribution >= 0.6 is 0 Å². The number of nitrogens with zero attached hydrogens (tertiary/aromatic N) is 4. The summed E-state index contributed by atoms with van der Waals surface area (Å²) in [5, 5.41) is 4.48. The molecule has 0 unspecified atom stereocenters. The van der Waals surface area contributed by atoms with Gasteiger partial charge in [0, 0.05) is 51.0 Å². The molecule has 160 valence electrons. The maximum Gasteiger partial charge on any atom is 0.243 e. The standard InChI is InChI=1S/C22H34N4O2S/c1-7-22(4,5)19-8-10-20(11-9-19)29(27,28)26-14-12-25(13-15-26)16-21-17(2)23-24(6)18(21)3/h8-11H,7,12-16H2,1-6H3. The topological polar surface area (TPSA) is 58.4 Å². The van der Waals surface area contributed by atoms with Crippen molar-refractivity contribution < 1.29 is 8.42 Å². The Balaban J connectivity index is 1.66. The van der Waals surface area contributed by atoms with Crippen LogP contribution in [0.15, 0.2) is 29.2 Å². The molecule has 0 amide bonds. The van der Waals surface area contributed by atoms with E-state index in [1.165, 1.54) is 16.8 Å². The van der Waals surface area contributed by atoms with Crippen molar-refractivity contribution >= 4 is 10.0 Å². The number of piperazine rings is 1. The van der Waals surface area contributed by atoms with Gasteiger partial charge in [-0.3, -0.25) is 9.58 Å². The molecular weight excluding hydrogens is 384 g/mol.